The van der Waals surface area contributed by atoms with Gasteiger partial charge in [0, 0.05) is 18.8 Å². The highest BCUT2D eigenvalue weighted by Crippen LogP contribution is 2.22. The van der Waals surface area contributed by atoms with Gasteiger partial charge in [0.05, 0.1) is 19.3 Å². The summed E-state index contributed by atoms with van der Waals surface area (Å²) in [6, 6.07) is 2.67. The van der Waals surface area contributed by atoms with Crippen LogP contribution in [0.5, 0.6) is 0 Å². The molecule has 17 heavy (non-hydrogen) atoms. The summed E-state index contributed by atoms with van der Waals surface area (Å²) >= 11 is 0. The molecule has 1 aromatic rings. The lowest BCUT2D eigenvalue weighted by Crippen LogP contribution is -2.36. The number of aromatic nitrogens is 2. The highest BCUT2D eigenvalue weighted by molar-refractivity contribution is 5.35. The molecule has 1 atom stereocenters. The van der Waals surface area contributed by atoms with Gasteiger partial charge >= 0.3 is 0 Å². The van der Waals surface area contributed by atoms with Crippen LogP contribution in [-0.4, -0.2) is 35.8 Å². The van der Waals surface area contributed by atoms with Crippen LogP contribution in [0.2, 0.25) is 0 Å². The summed E-state index contributed by atoms with van der Waals surface area (Å²) in [5, 5.41) is 6.80. The summed E-state index contributed by atoms with van der Waals surface area (Å²) in [4.78, 5) is 8.87. The molecule has 0 amide bonds. The summed E-state index contributed by atoms with van der Waals surface area (Å²) in [7, 11) is 0. The Kier molecular flexibility index (Phi) is 3.20. The normalized spacial score (nSPS) is 25.3. The number of rotatable bonds is 3. The first-order valence-corrected chi connectivity index (χ1v) is 6.32. The maximum absolute atomic E-state index is 5.43. The van der Waals surface area contributed by atoms with Crippen molar-refractivity contribution in [1.82, 2.24) is 15.3 Å². The molecule has 92 valence electrons. The Morgan fingerprint density at radius 2 is 2.35 bits per heavy atom. The van der Waals surface area contributed by atoms with E-state index in [1.807, 2.05) is 12.3 Å². The van der Waals surface area contributed by atoms with Crippen molar-refractivity contribution in [3.05, 3.63) is 18.1 Å². The number of nitrogens with zero attached hydrogens (tertiary/aromatic N) is 2. The second-order valence-electron chi connectivity index (χ2n) is 4.65. The molecule has 3 rings (SSSR count). The van der Waals surface area contributed by atoms with E-state index in [1.165, 1.54) is 19.3 Å². The van der Waals surface area contributed by atoms with Crippen molar-refractivity contribution in [3.63, 3.8) is 0 Å². The van der Waals surface area contributed by atoms with E-state index in [1.54, 1.807) is 0 Å². The number of hydrogen-bond donors (Lipinski definition) is 2. The summed E-state index contributed by atoms with van der Waals surface area (Å²) in [5.74, 6) is 1.76. The van der Waals surface area contributed by atoms with Crippen LogP contribution < -0.4 is 10.6 Å². The van der Waals surface area contributed by atoms with Gasteiger partial charge in [0.15, 0.2) is 0 Å². The molecule has 1 aliphatic carbocycles. The van der Waals surface area contributed by atoms with Crippen LogP contribution in [-0.2, 0) is 4.74 Å². The number of nitrogens with one attached hydrogen (secondary N) is 2. The molecular weight excluding hydrogens is 216 g/mol. The van der Waals surface area contributed by atoms with Gasteiger partial charge in [0.25, 0.3) is 0 Å². The third-order valence-electron chi connectivity index (χ3n) is 3.36. The molecule has 1 saturated carbocycles. The van der Waals surface area contributed by atoms with Gasteiger partial charge < -0.3 is 15.4 Å². The lowest BCUT2D eigenvalue weighted by molar-refractivity contribution is 0.0742. The van der Waals surface area contributed by atoms with Crippen molar-refractivity contribution >= 4 is 5.82 Å². The van der Waals surface area contributed by atoms with E-state index < -0.39 is 0 Å². The van der Waals surface area contributed by atoms with Crippen LogP contribution in [0.1, 0.15) is 31.1 Å². The third-order valence-corrected chi connectivity index (χ3v) is 3.36. The molecule has 0 spiro atoms. The molecule has 5 heteroatoms. The SMILES string of the molecule is c1cc(NC2CCC2)nc(C2COCCN2)n1. The summed E-state index contributed by atoms with van der Waals surface area (Å²) in [6.45, 7) is 2.30. The van der Waals surface area contributed by atoms with E-state index >= 15 is 0 Å². The van der Waals surface area contributed by atoms with Crippen LogP contribution in [0, 0.1) is 0 Å². The molecule has 1 aromatic heterocycles. The Hall–Kier alpha value is -1.20. The maximum Gasteiger partial charge on any atom is 0.149 e. The topological polar surface area (TPSA) is 59.1 Å². The lowest BCUT2D eigenvalue weighted by Gasteiger charge is -2.27. The minimum atomic E-state index is 0.131. The molecule has 0 radical (unpaired) electrons. The first-order chi connectivity index (χ1) is 8.42. The number of ether oxygens (including phenoxy) is 1. The largest absolute Gasteiger partial charge is 0.378 e. The van der Waals surface area contributed by atoms with Crippen molar-refractivity contribution in [1.29, 1.82) is 0 Å². The van der Waals surface area contributed by atoms with Crippen LogP contribution in [0.15, 0.2) is 12.3 Å². The molecule has 1 aliphatic heterocycles. The second kappa shape index (κ2) is 4.98. The van der Waals surface area contributed by atoms with E-state index in [2.05, 4.69) is 20.6 Å². The molecule has 2 heterocycles. The summed E-state index contributed by atoms with van der Waals surface area (Å²) in [6.07, 6.45) is 5.65. The van der Waals surface area contributed by atoms with Crippen molar-refractivity contribution < 1.29 is 4.74 Å². The van der Waals surface area contributed by atoms with E-state index in [-0.39, 0.29) is 6.04 Å². The molecule has 0 bridgehead atoms. The van der Waals surface area contributed by atoms with E-state index in [9.17, 15) is 0 Å². The zero-order chi connectivity index (χ0) is 11.5. The van der Waals surface area contributed by atoms with Gasteiger partial charge in [0.2, 0.25) is 0 Å². The number of anilines is 1. The van der Waals surface area contributed by atoms with Gasteiger partial charge in [-0.2, -0.15) is 0 Å². The van der Waals surface area contributed by atoms with E-state index in [0.717, 1.165) is 24.8 Å². The van der Waals surface area contributed by atoms with Crippen molar-refractivity contribution in [2.75, 3.05) is 25.1 Å². The minimum absolute atomic E-state index is 0.131. The highest BCUT2D eigenvalue weighted by atomic mass is 16.5. The quantitative estimate of drug-likeness (QED) is 0.820. The zero-order valence-corrected chi connectivity index (χ0v) is 9.85. The zero-order valence-electron chi connectivity index (χ0n) is 9.85. The minimum Gasteiger partial charge on any atom is -0.378 e. The Labute approximate surface area is 101 Å². The molecule has 5 nitrogen and oxygen atoms in total. The fourth-order valence-corrected chi connectivity index (χ4v) is 2.12. The van der Waals surface area contributed by atoms with Crippen LogP contribution >= 0.6 is 0 Å². The first kappa shape index (κ1) is 10.9. The highest BCUT2D eigenvalue weighted by Gasteiger charge is 2.20. The Balaban J connectivity index is 1.68. The first-order valence-electron chi connectivity index (χ1n) is 6.32. The smallest absolute Gasteiger partial charge is 0.149 e. The molecular formula is C12H18N4O. The Morgan fingerprint density at radius 1 is 1.41 bits per heavy atom. The molecule has 2 fully saturated rings. The summed E-state index contributed by atoms with van der Waals surface area (Å²) in [5.41, 5.74) is 0. The molecule has 1 saturated heterocycles. The number of hydrogen-bond acceptors (Lipinski definition) is 5. The molecule has 0 aromatic carbocycles. The van der Waals surface area contributed by atoms with Gasteiger partial charge in [-0.15, -0.1) is 0 Å². The van der Waals surface area contributed by atoms with Crippen LogP contribution in [0.3, 0.4) is 0 Å². The average Bonchev–Trinajstić information content (AvgIpc) is 2.35. The summed E-state index contributed by atoms with van der Waals surface area (Å²) < 4.78 is 5.43. The average molecular weight is 234 g/mol. The standard InChI is InChI=1S/C12H18N4O/c1-2-9(3-1)15-11-4-5-14-12(16-11)10-8-17-7-6-13-10/h4-5,9-10,13H,1-3,6-8H2,(H,14,15,16). The molecule has 1 unspecified atom stereocenters. The third kappa shape index (κ3) is 2.56. The fourth-order valence-electron chi connectivity index (χ4n) is 2.12. The predicted molar refractivity (Wildman–Crippen MR) is 64.9 cm³/mol. The molecule has 2 aliphatic rings. The predicted octanol–water partition coefficient (Wildman–Crippen LogP) is 1.10. The van der Waals surface area contributed by atoms with E-state index in [0.29, 0.717) is 12.6 Å². The Bertz CT molecular complexity index is 375. The van der Waals surface area contributed by atoms with Crippen molar-refractivity contribution in [2.45, 2.75) is 31.3 Å². The van der Waals surface area contributed by atoms with Gasteiger partial charge in [0.1, 0.15) is 11.6 Å². The van der Waals surface area contributed by atoms with Gasteiger partial charge in [-0.1, -0.05) is 0 Å². The molecule has 2 N–H and O–H groups in total. The van der Waals surface area contributed by atoms with Crippen LogP contribution in [0.4, 0.5) is 5.82 Å². The van der Waals surface area contributed by atoms with E-state index in [4.69, 9.17) is 4.74 Å². The fraction of sp³-hybridized carbons (Fsp3) is 0.667. The van der Waals surface area contributed by atoms with Gasteiger partial charge in [-0.05, 0) is 25.3 Å². The van der Waals surface area contributed by atoms with Gasteiger partial charge in [-0.25, -0.2) is 9.97 Å². The van der Waals surface area contributed by atoms with Crippen molar-refractivity contribution in [2.24, 2.45) is 0 Å². The van der Waals surface area contributed by atoms with Gasteiger partial charge in [-0.3, -0.25) is 0 Å². The van der Waals surface area contributed by atoms with Crippen molar-refractivity contribution in [3.8, 4) is 0 Å². The second-order valence-corrected chi connectivity index (χ2v) is 4.65. The monoisotopic (exact) mass is 234 g/mol. The van der Waals surface area contributed by atoms with Crippen LogP contribution in [0.25, 0.3) is 0 Å². The lowest BCUT2D eigenvalue weighted by atomic mass is 9.93. The number of morpholine rings is 1. The Morgan fingerprint density at radius 3 is 3.06 bits per heavy atom. The maximum atomic E-state index is 5.43.